The van der Waals surface area contributed by atoms with Crippen molar-refractivity contribution in [1.29, 1.82) is 0 Å². The van der Waals surface area contributed by atoms with Gasteiger partial charge >= 0.3 is 0 Å². The second-order valence-electron chi connectivity index (χ2n) is 8.90. The van der Waals surface area contributed by atoms with Crippen molar-refractivity contribution in [1.82, 2.24) is 14.8 Å². The van der Waals surface area contributed by atoms with Crippen LogP contribution in [0.1, 0.15) is 38.7 Å². The third-order valence-electron chi connectivity index (χ3n) is 6.71. The Morgan fingerprint density at radius 2 is 1.96 bits per heavy atom. The molecule has 0 unspecified atom stereocenters. The van der Waals surface area contributed by atoms with Crippen LogP contribution in [0.3, 0.4) is 0 Å². The summed E-state index contributed by atoms with van der Waals surface area (Å²) in [4.78, 5) is 4.14. The Hall–Kier alpha value is -2.20. The molecule has 4 rings (SSSR count). The number of benzene rings is 2. The maximum absolute atomic E-state index is 6.06. The molecule has 0 spiro atoms. The molecule has 3 atom stereocenters. The highest BCUT2D eigenvalue weighted by Crippen LogP contribution is 2.46. The zero-order valence-corrected chi connectivity index (χ0v) is 17.2. The van der Waals surface area contributed by atoms with E-state index in [2.05, 4.69) is 66.4 Å². The van der Waals surface area contributed by atoms with Gasteiger partial charge in [0.2, 0.25) is 0 Å². The molecule has 1 saturated carbocycles. The Bertz CT molecular complexity index is 898. The number of methoxy groups -OCH3 is 1. The molecule has 0 aliphatic heterocycles. The average molecular weight is 378 g/mol. The molecule has 0 radical (unpaired) electrons. The molecule has 3 aromatic rings. The smallest absolute Gasteiger partial charge is 0.137 e. The minimum atomic E-state index is 0.190. The summed E-state index contributed by atoms with van der Waals surface area (Å²) in [7, 11) is 1.87. The van der Waals surface area contributed by atoms with Gasteiger partial charge in [-0.15, -0.1) is 0 Å². The molecular formula is C24H31N3O. The minimum Gasteiger partial charge on any atom is -0.381 e. The van der Waals surface area contributed by atoms with Gasteiger partial charge < -0.3 is 4.74 Å². The lowest BCUT2D eigenvalue weighted by Crippen LogP contribution is -2.47. The van der Waals surface area contributed by atoms with Crippen LogP contribution in [0.2, 0.25) is 0 Å². The van der Waals surface area contributed by atoms with E-state index in [9.17, 15) is 0 Å². The lowest BCUT2D eigenvalue weighted by atomic mass is 9.63. The fourth-order valence-electron chi connectivity index (χ4n) is 5.23. The lowest BCUT2D eigenvalue weighted by Gasteiger charge is -2.47. The number of ether oxygens (including phenoxy) is 1. The summed E-state index contributed by atoms with van der Waals surface area (Å²) >= 11 is 0. The minimum absolute atomic E-state index is 0.190. The molecule has 1 aliphatic rings. The van der Waals surface area contributed by atoms with Crippen LogP contribution in [0.25, 0.3) is 10.8 Å². The molecule has 1 aromatic heterocycles. The summed E-state index contributed by atoms with van der Waals surface area (Å²) in [5, 5.41) is 7.09. The Balaban J connectivity index is 1.55. The molecule has 0 saturated heterocycles. The van der Waals surface area contributed by atoms with E-state index in [0.717, 1.165) is 13.0 Å². The average Bonchev–Trinajstić information content (AvgIpc) is 3.20. The molecule has 0 N–H and O–H groups in total. The first-order valence-corrected chi connectivity index (χ1v) is 10.4. The second kappa shape index (κ2) is 8.04. The molecule has 4 nitrogen and oxygen atoms in total. The first-order chi connectivity index (χ1) is 13.6. The van der Waals surface area contributed by atoms with E-state index in [1.165, 1.54) is 35.6 Å². The van der Waals surface area contributed by atoms with Crippen LogP contribution in [-0.2, 0) is 17.7 Å². The van der Waals surface area contributed by atoms with Gasteiger partial charge in [-0.2, -0.15) is 5.10 Å². The number of nitrogens with zero attached hydrogens (tertiary/aromatic N) is 3. The van der Waals surface area contributed by atoms with Crippen molar-refractivity contribution in [2.45, 2.75) is 52.2 Å². The molecule has 1 aliphatic carbocycles. The van der Waals surface area contributed by atoms with E-state index in [1.807, 2.05) is 18.1 Å². The monoisotopic (exact) mass is 377 g/mol. The summed E-state index contributed by atoms with van der Waals surface area (Å²) in [5.74, 6) is 1.08. The van der Waals surface area contributed by atoms with E-state index in [0.29, 0.717) is 11.8 Å². The number of hydrogen-bond acceptors (Lipinski definition) is 3. The van der Waals surface area contributed by atoms with Crippen LogP contribution >= 0.6 is 0 Å². The van der Waals surface area contributed by atoms with E-state index in [4.69, 9.17) is 4.74 Å². The Labute approximate surface area is 167 Å². The zero-order chi connectivity index (χ0) is 19.6. The van der Waals surface area contributed by atoms with Crippen LogP contribution < -0.4 is 0 Å². The van der Waals surface area contributed by atoms with Gasteiger partial charge in [-0.25, -0.2) is 4.98 Å². The maximum Gasteiger partial charge on any atom is 0.137 e. The van der Waals surface area contributed by atoms with Crippen LogP contribution in [0.5, 0.6) is 0 Å². The van der Waals surface area contributed by atoms with Gasteiger partial charge in [-0.1, -0.05) is 56.3 Å². The molecule has 2 aromatic carbocycles. The predicted molar refractivity (Wildman–Crippen MR) is 113 cm³/mol. The molecule has 0 bridgehead atoms. The largest absolute Gasteiger partial charge is 0.381 e. The first kappa shape index (κ1) is 19.1. The van der Waals surface area contributed by atoms with Crippen molar-refractivity contribution in [2.24, 2.45) is 17.3 Å². The lowest BCUT2D eigenvalue weighted by molar-refractivity contribution is -0.0925. The van der Waals surface area contributed by atoms with E-state index < -0.39 is 0 Å². The standard InChI is InChI=1S/C24H31N3O/c1-24(2)14-13-20(22(23(24)28-3)15-27-17-25-16-26-27)12-11-19-9-6-8-18-7-4-5-10-21(18)19/h4-10,16-17,20,22-23H,11-15H2,1-3H3/t20-,22+,23-/m1/s1. The summed E-state index contributed by atoms with van der Waals surface area (Å²) in [6, 6.07) is 15.4. The van der Waals surface area contributed by atoms with Crippen molar-refractivity contribution < 1.29 is 4.74 Å². The third kappa shape index (κ3) is 3.83. The van der Waals surface area contributed by atoms with Crippen molar-refractivity contribution >= 4 is 10.8 Å². The highest BCUT2D eigenvalue weighted by Gasteiger charge is 2.44. The van der Waals surface area contributed by atoms with Crippen molar-refractivity contribution in [3.8, 4) is 0 Å². The van der Waals surface area contributed by atoms with Gasteiger partial charge in [0.25, 0.3) is 0 Å². The normalized spacial score (nSPS) is 24.5. The van der Waals surface area contributed by atoms with Gasteiger partial charge in [-0.3, -0.25) is 4.68 Å². The van der Waals surface area contributed by atoms with E-state index >= 15 is 0 Å². The number of hydrogen-bond donors (Lipinski definition) is 0. The molecule has 0 amide bonds. The number of aromatic nitrogens is 3. The van der Waals surface area contributed by atoms with Gasteiger partial charge in [-0.05, 0) is 53.4 Å². The van der Waals surface area contributed by atoms with Crippen LogP contribution in [0.4, 0.5) is 0 Å². The van der Waals surface area contributed by atoms with Gasteiger partial charge in [0.15, 0.2) is 0 Å². The molecule has 1 heterocycles. The molecule has 1 fully saturated rings. The third-order valence-corrected chi connectivity index (χ3v) is 6.71. The first-order valence-electron chi connectivity index (χ1n) is 10.4. The predicted octanol–water partition coefficient (Wildman–Crippen LogP) is 5.13. The molecule has 4 heteroatoms. The van der Waals surface area contributed by atoms with Gasteiger partial charge in [0, 0.05) is 19.6 Å². The number of rotatable bonds is 6. The fourth-order valence-corrected chi connectivity index (χ4v) is 5.23. The van der Waals surface area contributed by atoms with Crippen LogP contribution in [-0.4, -0.2) is 28.0 Å². The van der Waals surface area contributed by atoms with E-state index in [-0.39, 0.29) is 11.5 Å². The zero-order valence-electron chi connectivity index (χ0n) is 17.2. The topological polar surface area (TPSA) is 39.9 Å². The highest BCUT2D eigenvalue weighted by atomic mass is 16.5. The molecule has 28 heavy (non-hydrogen) atoms. The maximum atomic E-state index is 6.06. The summed E-state index contributed by atoms with van der Waals surface area (Å²) < 4.78 is 8.03. The number of fused-ring (bicyclic) bond motifs is 1. The van der Waals surface area contributed by atoms with E-state index in [1.54, 1.807) is 6.33 Å². The van der Waals surface area contributed by atoms with Gasteiger partial charge in [0.05, 0.1) is 6.10 Å². The Kier molecular flexibility index (Phi) is 5.49. The van der Waals surface area contributed by atoms with Crippen molar-refractivity contribution in [2.75, 3.05) is 7.11 Å². The second-order valence-corrected chi connectivity index (χ2v) is 8.90. The quantitative estimate of drug-likeness (QED) is 0.598. The summed E-state index contributed by atoms with van der Waals surface area (Å²) in [5.41, 5.74) is 1.65. The van der Waals surface area contributed by atoms with Crippen molar-refractivity contribution in [3.05, 3.63) is 60.7 Å². The fraction of sp³-hybridized carbons (Fsp3) is 0.500. The number of aryl methyl sites for hydroxylation is 1. The highest BCUT2D eigenvalue weighted by molar-refractivity contribution is 5.85. The SMILES string of the molecule is CO[C@@H]1[C@@H](Cn2cncn2)[C@H](CCc2cccc3ccccc23)CCC1(C)C. The summed E-state index contributed by atoms with van der Waals surface area (Å²) in [6.07, 6.45) is 8.44. The summed E-state index contributed by atoms with van der Waals surface area (Å²) in [6.45, 7) is 5.56. The Morgan fingerprint density at radius 1 is 1.14 bits per heavy atom. The van der Waals surface area contributed by atoms with Gasteiger partial charge in [0.1, 0.15) is 12.7 Å². The van der Waals surface area contributed by atoms with Crippen molar-refractivity contribution in [3.63, 3.8) is 0 Å². The van der Waals surface area contributed by atoms with Crippen LogP contribution in [0, 0.1) is 17.3 Å². The molecule has 148 valence electrons. The Morgan fingerprint density at radius 3 is 2.75 bits per heavy atom. The molecular weight excluding hydrogens is 346 g/mol. The van der Waals surface area contributed by atoms with Crippen LogP contribution in [0.15, 0.2) is 55.1 Å².